The van der Waals surface area contributed by atoms with Crippen LogP contribution in [0.15, 0.2) is 24.3 Å². The molecule has 0 spiro atoms. The lowest BCUT2D eigenvalue weighted by Gasteiger charge is -2.10. The van der Waals surface area contributed by atoms with Crippen LogP contribution in [-0.2, 0) is 9.53 Å². The van der Waals surface area contributed by atoms with Crippen molar-refractivity contribution in [2.45, 2.75) is 31.8 Å². The SMILES string of the molecule is N#CCOc1cccc(NC(=O)CCC2CCCO2)c1. The molecule has 1 N–H and O–H groups in total. The molecular weight excluding hydrogens is 256 g/mol. The molecule has 1 atom stereocenters. The van der Waals surface area contributed by atoms with E-state index in [1.165, 1.54) is 0 Å². The first kappa shape index (κ1) is 14.4. The van der Waals surface area contributed by atoms with E-state index in [4.69, 9.17) is 14.7 Å². The van der Waals surface area contributed by atoms with E-state index in [-0.39, 0.29) is 18.6 Å². The van der Waals surface area contributed by atoms with Crippen molar-refractivity contribution in [2.75, 3.05) is 18.5 Å². The lowest BCUT2D eigenvalue weighted by Crippen LogP contribution is -2.15. The molecule has 5 nitrogen and oxygen atoms in total. The molecule has 1 aliphatic rings. The molecule has 0 saturated carbocycles. The van der Waals surface area contributed by atoms with Crippen LogP contribution in [0.2, 0.25) is 0 Å². The lowest BCUT2D eigenvalue weighted by atomic mass is 10.1. The summed E-state index contributed by atoms with van der Waals surface area (Å²) in [6.07, 6.45) is 3.57. The van der Waals surface area contributed by atoms with Crippen LogP contribution < -0.4 is 10.1 Å². The van der Waals surface area contributed by atoms with Crippen LogP contribution in [-0.4, -0.2) is 25.2 Å². The third-order valence-electron chi connectivity index (χ3n) is 3.14. The van der Waals surface area contributed by atoms with Gasteiger partial charge in [-0.1, -0.05) is 6.07 Å². The number of rotatable bonds is 6. The van der Waals surface area contributed by atoms with E-state index in [0.717, 1.165) is 25.9 Å². The van der Waals surface area contributed by atoms with E-state index in [2.05, 4.69) is 5.32 Å². The van der Waals surface area contributed by atoms with Crippen molar-refractivity contribution in [2.24, 2.45) is 0 Å². The number of ether oxygens (including phenoxy) is 2. The minimum Gasteiger partial charge on any atom is -0.479 e. The van der Waals surface area contributed by atoms with E-state index in [1.807, 2.05) is 6.07 Å². The molecule has 0 radical (unpaired) electrons. The van der Waals surface area contributed by atoms with Gasteiger partial charge in [0, 0.05) is 24.8 Å². The highest BCUT2D eigenvalue weighted by atomic mass is 16.5. The van der Waals surface area contributed by atoms with E-state index < -0.39 is 0 Å². The molecule has 1 heterocycles. The first-order chi connectivity index (χ1) is 9.78. The Bertz CT molecular complexity index is 490. The Morgan fingerprint density at radius 3 is 3.20 bits per heavy atom. The minimum atomic E-state index is -0.0297. The fourth-order valence-corrected chi connectivity index (χ4v) is 2.17. The van der Waals surface area contributed by atoms with Crippen LogP contribution in [0.1, 0.15) is 25.7 Å². The second-order valence-corrected chi connectivity index (χ2v) is 4.70. The number of nitrogens with one attached hydrogen (secondary N) is 1. The Morgan fingerprint density at radius 1 is 1.55 bits per heavy atom. The molecule has 0 bridgehead atoms. The standard InChI is InChI=1S/C15H18N2O3/c16-8-10-20-14-4-1-3-12(11-14)17-15(18)7-6-13-5-2-9-19-13/h1,3-4,11,13H,2,5-7,9-10H2,(H,17,18). The van der Waals surface area contributed by atoms with Gasteiger partial charge in [-0.3, -0.25) is 4.79 Å². The van der Waals surface area contributed by atoms with Gasteiger partial charge < -0.3 is 14.8 Å². The van der Waals surface area contributed by atoms with Gasteiger partial charge >= 0.3 is 0 Å². The number of carbonyl (C=O) groups is 1. The molecule has 106 valence electrons. The van der Waals surface area contributed by atoms with Crippen molar-refractivity contribution >= 4 is 11.6 Å². The first-order valence-corrected chi connectivity index (χ1v) is 6.79. The molecule has 1 fully saturated rings. The van der Waals surface area contributed by atoms with Gasteiger partial charge in [-0.2, -0.15) is 5.26 Å². The highest BCUT2D eigenvalue weighted by Crippen LogP contribution is 2.19. The molecule has 1 saturated heterocycles. The highest BCUT2D eigenvalue weighted by Gasteiger charge is 2.16. The molecular formula is C15H18N2O3. The fraction of sp³-hybridized carbons (Fsp3) is 0.467. The Morgan fingerprint density at radius 2 is 2.45 bits per heavy atom. The Hall–Kier alpha value is -2.06. The zero-order chi connectivity index (χ0) is 14.2. The number of benzene rings is 1. The van der Waals surface area contributed by atoms with Gasteiger partial charge in [-0.25, -0.2) is 0 Å². The van der Waals surface area contributed by atoms with Gasteiger partial charge in [0.2, 0.25) is 5.91 Å². The van der Waals surface area contributed by atoms with Crippen LogP contribution in [0, 0.1) is 11.3 Å². The fourth-order valence-electron chi connectivity index (χ4n) is 2.17. The van der Waals surface area contributed by atoms with Gasteiger partial charge in [0.05, 0.1) is 6.10 Å². The number of amides is 1. The Balaban J connectivity index is 1.79. The molecule has 0 aromatic heterocycles. The van der Waals surface area contributed by atoms with Crippen molar-refractivity contribution in [1.29, 1.82) is 5.26 Å². The predicted molar refractivity (Wildman–Crippen MR) is 74.4 cm³/mol. The monoisotopic (exact) mass is 274 g/mol. The number of anilines is 1. The summed E-state index contributed by atoms with van der Waals surface area (Å²) < 4.78 is 10.7. The van der Waals surface area contributed by atoms with Crippen LogP contribution in [0.5, 0.6) is 5.75 Å². The zero-order valence-electron chi connectivity index (χ0n) is 11.3. The molecule has 0 aliphatic carbocycles. The third-order valence-corrected chi connectivity index (χ3v) is 3.14. The maximum absolute atomic E-state index is 11.8. The zero-order valence-corrected chi connectivity index (χ0v) is 11.3. The summed E-state index contributed by atoms with van der Waals surface area (Å²) in [5.41, 5.74) is 0.679. The van der Waals surface area contributed by atoms with Crippen LogP contribution in [0.4, 0.5) is 5.69 Å². The summed E-state index contributed by atoms with van der Waals surface area (Å²) in [7, 11) is 0. The Kier molecular flexibility index (Phi) is 5.39. The number of carbonyl (C=O) groups excluding carboxylic acids is 1. The second kappa shape index (κ2) is 7.51. The molecule has 1 amide bonds. The Labute approximate surface area is 118 Å². The van der Waals surface area contributed by atoms with Gasteiger partial charge in [-0.15, -0.1) is 0 Å². The number of nitrogens with zero attached hydrogens (tertiary/aromatic N) is 1. The maximum Gasteiger partial charge on any atom is 0.224 e. The van der Waals surface area contributed by atoms with Crippen LogP contribution in [0.25, 0.3) is 0 Å². The summed E-state index contributed by atoms with van der Waals surface area (Å²) in [6.45, 7) is 0.807. The molecule has 1 aromatic carbocycles. The van der Waals surface area contributed by atoms with Gasteiger partial charge in [0.15, 0.2) is 6.61 Å². The largest absolute Gasteiger partial charge is 0.479 e. The highest BCUT2D eigenvalue weighted by molar-refractivity contribution is 5.90. The number of nitriles is 1. The van der Waals surface area contributed by atoms with E-state index in [0.29, 0.717) is 17.9 Å². The van der Waals surface area contributed by atoms with E-state index in [9.17, 15) is 4.79 Å². The third kappa shape index (κ3) is 4.56. The smallest absolute Gasteiger partial charge is 0.224 e. The number of hydrogen-bond donors (Lipinski definition) is 1. The van der Waals surface area contributed by atoms with Crippen LogP contribution >= 0.6 is 0 Å². The quantitative estimate of drug-likeness (QED) is 0.865. The van der Waals surface area contributed by atoms with Gasteiger partial charge in [0.25, 0.3) is 0 Å². The summed E-state index contributed by atoms with van der Waals surface area (Å²) in [6, 6.07) is 8.94. The molecule has 1 aromatic rings. The summed E-state index contributed by atoms with van der Waals surface area (Å²) in [5, 5.41) is 11.3. The molecule has 2 rings (SSSR count). The van der Waals surface area contributed by atoms with Gasteiger partial charge in [0.1, 0.15) is 11.8 Å². The second-order valence-electron chi connectivity index (χ2n) is 4.70. The summed E-state index contributed by atoms with van der Waals surface area (Å²) in [5.74, 6) is 0.543. The predicted octanol–water partition coefficient (Wildman–Crippen LogP) is 2.49. The average Bonchev–Trinajstić information content (AvgIpc) is 2.97. The van der Waals surface area contributed by atoms with Crippen molar-refractivity contribution in [3.63, 3.8) is 0 Å². The molecule has 1 unspecified atom stereocenters. The molecule has 1 aliphatic heterocycles. The maximum atomic E-state index is 11.8. The first-order valence-electron chi connectivity index (χ1n) is 6.79. The minimum absolute atomic E-state index is 0.00355. The van der Waals surface area contributed by atoms with Crippen molar-refractivity contribution in [3.05, 3.63) is 24.3 Å². The topological polar surface area (TPSA) is 71.3 Å². The normalized spacial score (nSPS) is 17.4. The van der Waals surface area contributed by atoms with Crippen molar-refractivity contribution < 1.29 is 14.3 Å². The lowest BCUT2D eigenvalue weighted by molar-refractivity contribution is -0.116. The van der Waals surface area contributed by atoms with Crippen LogP contribution in [0.3, 0.4) is 0 Å². The van der Waals surface area contributed by atoms with Gasteiger partial charge in [-0.05, 0) is 31.4 Å². The summed E-state index contributed by atoms with van der Waals surface area (Å²) in [4.78, 5) is 11.8. The van der Waals surface area contributed by atoms with Crippen molar-refractivity contribution in [3.8, 4) is 11.8 Å². The molecule has 5 heteroatoms. The van der Waals surface area contributed by atoms with Crippen molar-refractivity contribution in [1.82, 2.24) is 0 Å². The van der Waals surface area contributed by atoms with E-state index >= 15 is 0 Å². The molecule has 20 heavy (non-hydrogen) atoms. The number of hydrogen-bond acceptors (Lipinski definition) is 4. The van der Waals surface area contributed by atoms with E-state index in [1.54, 1.807) is 24.3 Å². The average molecular weight is 274 g/mol. The summed E-state index contributed by atoms with van der Waals surface area (Å²) >= 11 is 0.